The van der Waals surface area contributed by atoms with E-state index in [4.69, 9.17) is 18.6 Å². The highest BCUT2D eigenvalue weighted by Crippen LogP contribution is 2.01. The van der Waals surface area contributed by atoms with Crippen molar-refractivity contribution >= 4 is 5.69 Å². The van der Waals surface area contributed by atoms with Crippen LogP contribution in [-0.2, 0) is 0 Å². The van der Waals surface area contributed by atoms with Crippen molar-refractivity contribution in [2.24, 2.45) is 0 Å². The van der Waals surface area contributed by atoms with Gasteiger partial charge in [-0.1, -0.05) is 18.2 Å². The van der Waals surface area contributed by atoms with E-state index in [1.807, 2.05) is 37.4 Å². The summed E-state index contributed by atoms with van der Waals surface area (Å²) in [6.45, 7) is 0. The van der Waals surface area contributed by atoms with Gasteiger partial charge in [0.1, 0.15) is 0 Å². The van der Waals surface area contributed by atoms with Crippen LogP contribution in [0.5, 0.6) is 0 Å². The molecule has 0 unspecified atom stereocenters. The molecule has 0 aliphatic rings. The molecule has 0 fully saturated rings. The van der Waals surface area contributed by atoms with E-state index < -0.39 is 10.2 Å². The largest absolute Gasteiger partial charge is 0.388 e. The molecule has 0 aromatic heterocycles. The van der Waals surface area contributed by atoms with Crippen molar-refractivity contribution in [3.8, 4) is 0 Å². The van der Waals surface area contributed by atoms with E-state index in [1.165, 1.54) is 0 Å². The van der Waals surface area contributed by atoms with E-state index in [2.05, 4.69) is 5.32 Å². The summed E-state index contributed by atoms with van der Waals surface area (Å²) in [5.74, 6) is 0. The van der Waals surface area contributed by atoms with Crippen molar-refractivity contribution in [3.63, 3.8) is 0 Å². The van der Waals surface area contributed by atoms with Crippen molar-refractivity contribution in [2.45, 2.75) is 0 Å². The normalized spacial score (nSPS) is 9.92. The van der Waals surface area contributed by atoms with Crippen LogP contribution in [0, 0.1) is 10.2 Å². The Morgan fingerprint density at radius 3 is 1.77 bits per heavy atom. The van der Waals surface area contributed by atoms with Gasteiger partial charge in [-0.2, -0.15) is 14.0 Å². The lowest BCUT2D eigenvalue weighted by Gasteiger charge is -2.03. The fraction of sp³-hybridized carbons (Fsp3) is 0.143. The predicted octanol–water partition coefficient (Wildman–Crippen LogP) is -2.40. The monoisotopic (exact) mass is 207 g/mol. The Hall–Kier alpha value is -0.850. The van der Waals surface area contributed by atoms with Crippen LogP contribution in [0.25, 0.3) is 0 Å². The average Bonchev–Trinajstić information content (AvgIpc) is 2.03. The third-order valence-electron chi connectivity index (χ3n) is 1.06. The lowest BCUT2D eigenvalue weighted by molar-refractivity contribution is -1.92. The van der Waals surface area contributed by atoms with Crippen LogP contribution in [0.3, 0.4) is 0 Å². The summed E-state index contributed by atoms with van der Waals surface area (Å²) in [5.41, 5.74) is 1.16. The van der Waals surface area contributed by atoms with Gasteiger partial charge in [0.05, 0.1) is 14.9 Å². The molecule has 0 bridgehead atoms. The number of rotatable bonds is 1. The van der Waals surface area contributed by atoms with Gasteiger partial charge in [0, 0.05) is 12.7 Å². The highest BCUT2D eigenvalue weighted by Gasteiger charge is 1.98. The maximum absolute atomic E-state index is 8.60. The molecule has 0 radical (unpaired) electrons. The number of hydrogen-bond donors (Lipinski definition) is 2. The summed E-state index contributed by atoms with van der Waals surface area (Å²) in [7, 11) is -2.78. The molecule has 1 aromatic rings. The number of halogens is 1. The highest BCUT2D eigenvalue weighted by molar-refractivity contribution is 5.41. The Kier molecular flexibility index (Phi) is 5.36. The van der Waals surface area contributed by atoms with Crippen molar-refractivity contribution < 1.29 is 28.9 Å². The molecular formula is C7H10ClNO4. The molecule has 1 rings (SSSR count). The zero-order chi connectivity index (χ0) is 10.3. The third kappa shape index (κ3) is 11.1. The number of benzene rings is 1. The molecule has 13 heavy (non-hydrogen) atoms. The van der Waals surface area contributed by atoms with Gasteiger partial charge in [0.2, 0.25) is 0 Å². The second kappa shape index (κ2) is 5.74. The molecule has 2 N–H and O–H groups in total. The smallest absolute Gasteiger partial charge is 0.0777 e. The van der Waals surface area contributed by atoms with Gasteiger partial charge in [-0.25, -0.2) is 0 Å². The van der Waals surface area contributed by atoms with Crippen LogP contribution in [0.4, 0.5) is 5.69 Å². The van der Waals surface area contributed by atoms with Gasteiger partial charge in [-0.05, 0) is 12.1 Å². The molecule has 0 saturated heterocycles. The highest BCUT2D eigenvalue weighted by atomic mass is 35.7. The molecule has 0 saturated carbocycles. The fourth-order valence-corrected chi connectivity index (χ4v) is 0.605. The van der Waals surface area contributed by atoms with E-state index >= 15 is 0 Å². The molecule has 74 valence electrons. The Morgan fingerprint density at radius 2 is 1.54 bits per heavy atom. The lowest BCUT2D eigenvalue weighted by Crippen LogP contribution is -2.58. The summed E-state index contributed by atoms with van der Waals surface area (Å²) < 4.78 is 32.7. The topological polar surface area (TPSA) is 101 Å². The molecule has 0 aliphatic heterocycles. The SMILES string of the molecule is CNc1ccccc1.[O-][Cl+3]([O-])([O-])O. The van der Waals surface area contributed by atoms with Crippen molar-refractivity contribution in [1.82, 2.24) is 0 Å². The third-order valence-corrected chi connectivity index (χ3v) is 1.06. The van der Waals surface area contributed by atoms with Crippen molar-refractivity contribution in [1.29, 1.82) is 0 Å². The Morgan fingerprint density at radius 1 is 1.15 bits per heavy atom. The van der Waals surface area contributed by atoms with E-state index in [-0.39, 0.29) is 0 Å². The Labute approximate surface area is 78.0 Å². The van der Waals surface area contributed by atoms with Crippen LogP contribution in [0.2, 0.25) is 0 Å². The predicted molar refractivity (Wildman–Crippen MR) is 38.2 cm³/mol. The standard InChI is InChI=1S/C7H9N.ClHO4/c1-8-7-5-3-2-4-6-7;2-1(3,4)5/h2-6,8H,1H3;(H,2,3,4,5). The van der Waals surface area contributed by atoms with Crippen LogP contribution in [0.1, 0.15) is 0 Å². The molecule has 1 aromatic carbocycles. The van der Waals surface area contributed by atoms with Gasteiger partial charge in [-0.15, -0.1) is 0 Å². The first-order valence-corrected chi connectivity index (χ1v) is 4.56. The summed E-state index contributed by atoms with van der Waals surface area (Å²) in [4.78, 5) is 0. The molecule has 0 heterocycles. The van der Waals surface area contributed by atoms with Gasteiger partial charge in [-0.3, -0.25) is 0 Å². The Balaban J connectivity index is 0.000000252. The van der Waals surface area contributed by atoms with Gasteiger partial charge in [0.15, 0.2) is 0 Å². The van der Waals surface area contributed by atoms with Crippen LogP contribution < -0.4 is 19.3 Å². The number of anilines is 1. The second-order valence-electron chi connectivity index (χ2n) is 2.01. The second-order valence-corrected chi connectivity index (χ2v) is 2.80. The fourth-order valence-electron chi connectivity index (χ4n) is 0.605. The van der Waals surface area contributed by atoms with Crippen LogP contribution in [-0.4, -0.2) is 11.7 Å². The number of nitrogens with one attached hydrogen (secondary N) is 1. The van der Waals surface area contributed by atoms with Crippen LogP contribution in [0.15, 0.2) is 30.3 Å². The maximum atomic E-state index is 8.60. The van der Waals surface area contributed by atoms with Gasteiger partial charge >= 0.3 is 0 Å². The van der Waals surface area contributed by atoms with E-state index in [9.17, 15) is 0 Å². The number of hydrogen-bond acceptors (Lipinski definition) is 5. The summed E-state index contributed by atoms with van der Waals surface area (Å²) in [6.07, 6.45) is 0. The minimum Gasteiger partial charge on any atom is -0.388 e. The quantitative estimate of drug-likeness (QED) is 0.535. The zero-order valence-electron chi connectivity index (χ0n) is 6.94. The first-order chi connectivity index (χ1) is 5.93. The molecule has 0 amide bonds. The van der Waals surface area contributed by atoms with Crippen molar-refractivity contribution in [2.75, 3.05) is 12.4 Å². The first kappa shape index (κ1) is 12.2. The van der Waals surface area contributed by atoms with Gasteiger partial charge in [0.25, 0.3) is 0 Å². The minimum atomic E-state index is -4.69. The van der Waals surface area contributed by atoms with E-state index in [1.54, 1.807) is 0 Å². The Bertz CT molecular complexity index is 218. The first-order valence-electron chi connectivity index (χ1n) is 3.29. The summed E-state index contributed by atoms with van der Waals surface area (Å²) in [6, 6.07) is 10.1. The van der Waals surface area contributed by atoms with Crippen molar-refractivity contribution in [3.05, 3.63) is 30.3 Å². The molecule has 5 nitrogen and oxygen atoms in total. The minimum absolute atomic E-state index is 1.16. The van der Waals surface area contributed by atoms with Gasteiger partial charge < -0.3 is 5.32 Å². The molecule has 0 spiro atoms. The molecule has 0 aliphatic carbocycles. The average molecular weight is 208 g/mol. The lowest BCUT2D eigenvalue weighted by atomic mass is 10.3. The molecule has 0 atom stereocenters. The summed E-state index contributed by atoms with van der Waals surface area (Å²) >= 11 is 0. The maximum Gasteiger partial charge on any atom is 0.0777 e. The van der Waals surface area contributed by atoms with Crippen LogP contribution >= 0.6 is 0 Å². The van der Waals surface area contributed by atoms with E-state index in [0.29, 0.717) is 0 Å². The van der Waals surface area contributed by atoms with E-state index in [0.717, 1.165) is 5.69 Å². The molecular weight excluding hydrogens is 198 g/mol. The summed E-state index contributed by atoms with van der Waals surface area (Å²) in [5, 5.41) is 3.03. The molecule has 6 heteroatoms. The zero-order valence-corrected chi connectivity index (χ0v) is 7.69. The number of para-hydroxylation sites is 1.